The number of alkyl halides is 3. The highest BCUT2D eigenvalue weighted by Gasteiger charge is 2.36. The molecule has 0 unspecified atom stereocenters. The largest absolute Gasteiger partial charge is 0.493 e. The van der Waals surface area contributed by atoms with Crippen molar-refractivity contribution in [3.05, 3.63) is 42.0 Å². The minimum Gasteiger partial charge on any atom is -0.493 e. The predicted molar refractivity (Wildman–Crippen MR) is 107 cm³/mol. The highest BCUT2D eigenvalue weighted by Crippen LogP contribution is 2.42. The number of hydrogen-bond donors (Lipinski definition) is 1. The molecule has 1 heterocycles. The first-order chi connectivity index (χ1) is 14.7. The van der Waals surface area contributed by atoms with E-state index in [1.165, 1.54) is 38.4 Å². The molecule has 0 radical (unpaired) electrons. The number of nitrogens with one attached hydrogen (secondary N) is 1. The molecule has 0 saturated carbocycles. The van der Waals surface area contributed by atoms with Gasteiger partial charge in [0, 0.05) is 30.8 Å². The molecule has 2 amide bonds. The normalized spacial score (nSPS) is 16.3. The molecule has 1 fully saturated rings. The number of halogens is 3. The number of hydrogen-bond acceptors (Lipinski definition) is 5. The number of amides is 2. The minimum absolute atomic E-state index is 0.0125. The Morgan fingerprint density at radius 2 is 1.71 bits per heavy atom. The first-order valence-corrected chi connectivity index (χ1v) is 9.26. The van der Waals surface area contributed by atoms with Crippen molar-refractivity contribution in [1.82, 2.24) is 0 Å². The van der Waals surface area contributed by atoms with Crippen LogP contribution in [0.1, 0.15) is 12.0 Å². The van der Waals surface area contributed by atoms with Gasteiger partial charge in [-0.2, -0.15) is 13.2 Å². The molecule has 0 aliphatic carbocycles. The number of carbonyl (C=O) groups excluding carboxylic acids is 2. The third kappa shape index (κ3) is 4.68. The Morgan fingerprint density at radius 1 is 1.06 bits per heavy atom. The van der Waals surface area contributed by atoms with Crippen LogP contribution in [0.5, 0.6) is 17.2 Å². The summed E-state index contributed by atoms with van der Waals surface area (Å²) in [6.07, 6.45) is -4.60. The molecule has 1 N–H and O–H groups in total. The standard InChI is InChI=1S/C21H21F3N2O5/c1-29-16-9-15(10-17(30-2)19(16)31-3)26-11-12(7-18(26)27)20(28)25-14-6-4-5-13(8-14)21(22,23)24/h4-6,8-10,12H,7,11H2,1-3H3,(H,25,28)/t12-/m1/s1. The Bertz CT molecular complexity index is 968. The van der Waals surface area contributed by atoms with E-state index in [9.17, 15) is 22.8 Å². The summed E-state index contributed by atoms with van der Waals surface area (Å²) in [6, 6.07) is 7.52. The maximum atomic E-state index is 12.9. The molecule has 2 aromatic carbocycles. The van der Waals surface area contributed by atoms with E-state index in [4.69, 9.17) is 14.2 Å². The lowest BCUT2D eigenvalue weighted by Gasteiger charge is -2.20. The van der Waals surface area contributed by atoms with Crippen molar-refractivity contribution in [3.63, 3.8) is 0 Å². The van der Waals surface area contributed by atoms with E-state index in [-0.39, 0.29) is 24.6 Å². The van der Waals surface area contributed by atoms with Crippen LogP contribution in [0.3, 0.4) is 0 Å². The van der Waals surface area contributed by atoms with Crippen LogP contribution < -0.4 is 24.4 Å². The highest BCUT2D eigenvalue weighted by atomic mass is 19.4. The molecular formula is C21H21F3N2O5. The molecule has 3 rings (SSSR count). The van der Waals surface area contributed by atoms with Gasteiger partial charge in [0.2, 0.25) is 17.6 Å². The van der Waals surface area contributed by atoms with E-state index in [0.717, 1.165) is 12.1 Å². The molecule has 1 atom stereocenters. The quantitative estimate of drug-likeness (QED) is 0.744. The minimum atomic E-state index is -4.52. The van der Waals surface area contributed by atoms with Crippen molar-refractivity contribution in [1.29, 1.82) is 0 Å². The number of nitrogens with zero attached hydrogens (tertiary/aromatic N) is 1. The zero-order valence-electron chi connectivity index (χ0n) is 17.1. The van der Waals surface area contributed by atoms with Crippen molar-refractivity contribution >= 4 is 23.2 Å². The van der Waals surface area contributed by atoms with Crippen molar-refractivity contribution in [2.24, 2.45) is 5.92 Å². The van der Waals surface area contributed by atoms with Crippen LogP contribution in [-0.4, -0.2) is 39.7 Å². The molecule has 0 spiro atoms. The molecule has 166 valence electrons. The third-order valence-electron chi connectivity index (χ3n) is 4.91. The fourth-order valence-electron chi connectivity index (χ4n) is 3.37. The Balaban J connectivity index is 1.78. The third-order valence-corrected chi connectivity index (χ3v) is 4.91. The van der Waals surface area contributed by atoms with Crippen LogP contribution in [-0.2, 0) is 15.8 Å². The van der Waals surface area contributed by atoms with Gasteiger partial charge in [0.05, 0.1) is 38.5 Å². The van der Waals surface area contributed by atoms with Gasteiger partial charge in [-0.1, -0.05) is 6.07 Å². The second-order valence-electron chi connectivity index (χ2n) is 6.86. The van der Waals surface area contributed by atoms with Gasteiger partial charge in [-0.3, -0.25) is 9.59 Å². The Labute approximate surface area is 176 Å². The Morgan fingerprint density at radius 3 is 2.26 bits per heavy atom. The van der Waals surface area contributed by atoms with Crippen molar-refractivity contribution < 1.29 is 37.0 Å². The lowest BCUT2D eigenvalue weighted by atomic mass is 10.1. The fourth-order valence-corrected chi connectivity index (χ4v) is 3.37. The van der Waals surface area contributed by atoms with Gasteiger partial charge < -0.3 is 24.4 Å². The molecule has 1 saturated heterocycles. The van der Waals surface area contributed by atoms with Crippen molar-refractivity contribution in [2.75, 3.05) is 38.1 Å². The maximum Gasteiger partial charge on any atom is 0.416 e. The molecule has 1 aliphatic rings. The smallest absolute Gasteiger partial charge is 0.416 e. The first-order valence-electron chi connectivity index (χ1n) is 9.26. The number of carbonyl (C=O) groups is 2. The molecule has 10 heteroatoms. The van der Waals surface area contributed by atoms with E-state index in [2.05, 4.69) is 5.32 Å². The summed E-state index contributed by atoms with van der Waals surface area (Å²) in [7, 11) is 4.34. The fraction of sp³-hybridized carbons (Fsp3) is 0.333. The number of rotatable bonds is 6. The highest BCUT2D eigenvalue weighted by molar-refractivity contribution is 6.03. The molecule has 0 aromatic heterocycles. The van der Waals surface area contributed by atoms with E-state index in [1.807, 2.05) is 0 Å². The lowest BCUT2D eigenvalue weighted by molar-refractivity contribution is -0.137. The molecule has 0 bridgehead atoms. The summed E-state index contributed by atoms with van der Waals surface area (Å²) in [4.78, 5) is 26.6. The summed E-state index contributed by atoms with van der Waals surface area (Å²) >= 11 is 0. The summed E-state index contributed by atoms with van der Waals surface area (Å²) < 4.78 is 54.5. The summed E-state index contributed by atoms with van der Waals surface area (Å²) in [6.45, 7) is 0.0578. The van der Waals surface area contributed by atoms with Crippen LogP contribution in [0, 0.1) is 5.92 Å². The van der Waals surface area contributed by atoms with Gasteiger partial charge in [-0.25, -0.2) is 0 Å². The van der Waals surface area contributed by atoms with Gasteiger partial charge in [0.25, 0.3) is 0 Å². The zero-order valence-corrected chi connectivity index (χ0v) is 17.1. The summed E-state index contributed by atoms with van der Waals surface area (Å²) in [5, 5.41) is 2.47. The predicted octanol–water partition coefficient (Wildman–Crippen LogP) is 3.72. The number of anilines is 2. The lowest BCUT2D eigenvalue weighted by Crippen LogP contribution is -2.28. The van der Waals surface area contributed by atoms with Crippen LogP contribution in [0.2, 0.25) is 0 Å². The van der Waals surface area contributed by atoms with Gasteiger partial charge in [0.15, 0.2) is 11.5 Å². The SMILES string of the molecule is COc1cc(N2C[C@H](C(=O)Nc3cccc(C(F)(F)F)c3)CC2=O)cc(OC)c1OC. The number of methoxy groups -OCH3 is 3. The Kier molecular flexibility index (Phi) is 6.28. The number of ether oxygens (including phenoxy) is 3. The number of benzene rings is 2. The van der Waals surface area contributed by atoms with Crippen LogP contribution >= 0.6 is 0 Å². The van der Waals surface area contributed by atoms with Crippen molar-refractivity contribution in [2.45, 2.75) is 12.6 Å². The molecule has 2 aromatic rings. The van der Waals surface area contributed by atoms with Crippen LogP contribution in [0.15, 0.2) is 36.4 Å². The molecule has 7 nitrogen and oxygen atoms in total. The monoisotopic (exact) mass is 438 g/mol. The molecule has 1 aliphatic heterocycles. The second-order valence-corrected chi connectivity index (χ2v) is 6.86. The van der Waals surface area contributed by atoms with Crippen LogP contribution in [0.25, 0.3) is 0 Å². The Hall–Kier alpha value is -3.43. The second kappa shape index (κ2) is 8.75. The summed E-state index contributed by atoms with van der Waals surface area (Å²) in [5.74, 6) is -0.524. The zero-order chi connectivity index (χ0) is 22.8. The van der Waals surface area contributed by atoms with E-state index < -0.39 is 23.6 Å². The van der Waals surface area contributed by atoms with Gasteiger partial charge in [0.1, 0.15) is 0 Å². The van der Waals surface area contributed by atoms with Gasteiger partial charge >= 0.3 is 6.18 Å². The van der Waals surface area contributed by atoms with E-state index >= 15 is 0 Å². The molecule has 31 heavy (non-hydrogen) atoms. The topological polar surface area (TPSA) is 77.1 Å². The summed E-state index contributed by atoms with van der Waals surface area (Å²) in [5.41, 5.74) is -0.403. The average Bonchev–Trinajstić information content (AvgIpc) is 3.14. The first kappa shape index (κ1) is 22.3. The average molecular weight is 438 g/mol. The van der Waals surface area contributed by atoms with Crippen molar-refractivity contribution in [3.8, 4) is 17.2 Å². The van der Waals surface area contributed by atoms with E-state index in [1.54, 1.807) is 12.1 Å². The van der Waals surface area contributed by atoms with Gasteiger partial charge in [-0.15, -0.1) is 0 Å². The van der Waals surface area contributed by atoms with Gasteiger partial charge in [-0.05, 0) is 18.2 Å². The maximum absolute atomic E-state index is 12.9. The van der Waals surface area contributed by atoms with Crippen LogP contribution in [0.4, 0.5) is 24.5 Å². The van der Waals surface area contributed by atoms with E-state index in [0.29, 0.717) is 22.9 Å². The molecular weight excluding hydrogens is 417 g/mol.